The summed E-state index contributed by atoms with van der Waals surface area (Å²) in [6.45, 7) is 6.78. The molecule has 2 aromatic carbocycles. The third-order valence-corrected chi connectivity index (χ3v) is 8.53. The first-order chi connectivity index (χ1) is 15.2. The van der Waals surface area contributed by atoms with Crippen molar-refractivity contribution in [3.05, 3.63) is 71.3 Å². The number of carbonyl (C=O) groups is 1. The second-order valence-corrected chi connectivity index (χ2v) is 11.2. The summed E-state index contributed by atoms with van der Waals surface area (Å²) in [5, 5.41) is 11.3. The van der Waals surface area contributed by atoms with E-state index in [9.17, 15) is 13.2 Å². The molecule has 0 radical (unpaired) electrons. The molecular formula is C21H21ClN4O3S3. The molecule has 1 heterocycles. The molecule has 0 spiro atoms. The molecule has 168 valence electrons. The van der Waals surface area contributed by atoms with Crippen molar-refractivity contribution in [2.45, 2.75) is 23.1 Å². The molecule has 7 nitrogen and oxygen atoms in total. The number of thioether (sulfide) groups is 1. The van der Waals surface area contributed by atoms with Gasteiger partial charge in [0, 0.05) is 10.8 Å². The smallest absolute Gasteiger partial charge is 0.264 e. The van der Waals surface area contributed by atoms with Crippen LogP contribution in [0.15, 0.2) is 64.4 Å². The minimum Gasteiger partial charge on any atom is -0.299 e. The maximum atomic E-state index is 13.5. The number of hydrogen-bond acceptors (Lipinski definition) is 7. The van der Waals surface area contributed by atoms with E-state index < -0.39 is 22.5 Å². The highest BCUT2D eigenvalue weighted by Gasteiger charge is 2.29. The number of amides is 1. The molecule has 0 fully saturated rings. The maximum Gasteiger partial charge on any atom is 0.264 e. The number of rotatable bonds is 9. The summed E-state index contributed by atoms with van der Waals surface area (Å²) in [7, 11) is -4.04. The Labute approximate surface area is 200 Å². The number of aryl methyl sites for hydroxylation is 1. The molecule has 0 aliphatic carbocycles. The van der Waals surface area contributed by atoms with Crippen molar-refractivity contribution in [3.63, 3.8) is 0 Å². The zero-order valence-electron chi connectivity index (χ0n) is 17.4. The van der Waals surface area contributed by atoms with E-state index in [1.165, 1.54) is 35.2 Å². The van der Waals surface area contributed by atoms with Crippen LogP contribution in [0.2, 0.25) is 5.02 Å². The van der Waals surface area contributed by atoms with E-state index in [4.69, 9.17) is 11.6 Å². The van der Waals surface area contributed by atoms with Crippen LogP contribution < -0.4 is 9.62 Å². The maximum absolute atomic E-state index is 13.5. The first kappa shape index (κ1) is 24.2. The van der Waals surface area contributed by atoms with Crippen LogP contribution >= 0.6 is 34.7 Å². The SMILES string of the molecule is C=CCSc1nnc(NC(=O)CN(c2cccc(Cl)c2C)S(=O)(=O)c2ccc(C)cc2)s1. The third kappa shape index (κ3) is 5.69. The Morgan fingerprint density at radius 3 is 2.62 bits per heavy atom. The van der Waals surface area contributed by atoms with Crippen molar-refractivity contribution in [1.29, 1.82) is 0 Å². The van der Waals surface area contributed by atoms with Gasteiger partial charge in [-0.15, -0.1) is 16.8 Å². The van der Waals surface area contributed by atoms with Gasteiger partial charge in [-0.1, -0.05) is 64.5 Å². The summed E-state index contributed by atoms with van der Waals surface area (Å²) in [6.07, 6.45) is 1.74. The predicted molar refractivity (Wildman–Crippen MR) is 131 cm³/mol. The van der Waals surface area contributed by atoms with Crippen molar-refractivity contribution in [2.75, 3.05) is 21.9 Å². The van der Waals surface area contributed by atoms with E-state index in [-0.39, 0.29) is 10.0 Å². The zero-order valence-corrected chi connectivity index (χ0v) is 20.6. The van der Waals surface area contributed by atoms with Gasteiger partial charge in [0.15, 0.2) is 4.34 Å². The fourth-order valence-corrected chi connectivity index (χ4v) is 5.92. The van der Waals surface area contributed by atoms with Crippen LogP contribution in [0.25, 0.3) is 0 Å². The lowest BCUT2D eigenvalue weighted by atomic mass is 10.2. The van der Waals surface area contributed by atoms with Crippen molar-refractivity contribution in [3.8, 4) is 0 Å². The highest BCUT2D eigenvalue weighted by Crippen LogP contribution is 2.31. The zero-order chi connectivity index (χ0) is 23.3. The molecule has 0 aliphatic heterocycles. The largest absolute Gasteiger partial charge is 0.299 e. The molecular weight excluding hydrogens is 488 g/mol. The summed E-state index contributed by atoms with van der Waals surface area (Å²) in [6, 6.07) is 11.4. The number of nitrogens with one attached hydrogen (secondary N) is 1. The van der Waals surface area contributed by atoms with Gasteiger partial charge >= 0.3 is 0 Å². The molecule has 1 amide bonds. The third-order valence-electron chi connectivity index (χ3n) is 4.38. The van der Waals surface area contributed by atoms with E-state index in [1.54, 1.807) is 43.3 Å². The van der Waals surface area contributed by atoms with Gasteiger partial charge in [-0.05, 0) is 43.7 Å². The van der Waals surface area contributed by atoms with Crippen LogP contribution in [0.3, 0.4) is 0 Å². The Kier molecular flexibility index (Phi) is 7.94. The lowest BCUT2D eigenvalue weighted by Gasteiger charge is -2.25. The molecule has 0 saturated carbocycles. The quantitative estimate of drug-likeness (QED) is 0.250. The van der Waals surface area contributed by atoms with Crippen molar-refractivity contribution < 1.29 is 13.2 Å². The predicted octanol–water partition coefficient (Wildman–Crippen LogP) is 4.92. The molecule has 0 atom stereocenters. The fourth-order valence-electron chi connectivity index (χ4n) is 2.74. The molecule has 32 heavy (non-hydrogen) atoms. The van der Waals surface area contributed by atoms with Crippen LogP contribution in [0.4, 0.5) is 10.8 Å². The number of carbonyl (C=O) groups excluding carboxylic acids is 1. The van der Waals surface area contributed by atoms with Gasteiger partial charge in [0.1, 0.15) is 6.54 Å². The van der Waals surface area contributed by atoms with Crippen molar-refractivity contribution >= 4 is 61.4 Å². The molecule has 3 rings (SSSR count). The van der Waals surface area contributed by atoms with Gasteiger partial charge in [0.25, 0.3) is 10.0 Å². The lowest BCUT2D eigenvalue weighted by Crippen LogP contribution is -2.38. The molecule has 0 unspecified atom stereocenters. The van der Waals surface area contributed by atoms with Gasteiger partial charge < -0.3 is 0 Å². The van der Waals surface area contributed by atoms with E-state index in [2.05, 4.69) is 22.1 Å². The normalized spacial score (nSPS) is 11.2. The molecule has 1 N–H and O–H groups in total. The molecule has 1 aromatic heterocycles. The second-order valence-electron chi connectivity index (χ2n) is 6.73. The monoisotopic (exact) mass is 508 g/mol. The summed E-state index contributed by atoms with van der Waals surface area (Å²) in [4.78, 5) is 12.9. The Balaban J connectivity index is 1.91. The number of sulfonamides is 1. The lowest BCUT2D eigenvalue weighted by molar-refractivity contribution is -0.114. The van der Waals surface area contributed by atoms with E-state index >= 15 is 0 Å². The fraction of sp³-hybridized carbons (Fsp3) is 0.190. The van der Waals surface area contributed by atoms with E-state index in [0.717, 1.165) is 9.87 Å². The first-order valence-corrected chi connectivity index (χ1v) is 13.1. The van der Waals surface area contributed by atoms with Crippen LogP contribution in [-0.2, 0) is 14.8 Å². The van der Waals surface area contributed by atoms with Gasteiger partial charge in [-0.25, -0.2) is 8.42 Å². The van der Waals surface area contributed by atoms with Crippen LogP contribution in [0, 0.1) is 13.8 Å². The summed E-state index contributed by atoms with van der Waals surface area (Å²) in [5.41, 5.74) is 1.80. The summed E-state index contributed by atoms with van der Waals surface area (Å²) >= 11 is 8.88. The number of anilines is 2. The topological polar surface area (TPSA) is 92.3 Å². The minimum atomic E-state index is -4.04. The van der Waals surface area contributed by atoms with Gasteiger partial charge in [-0.3, -0.25) is 14.4 Å². The Morgan fingerprint density at radius 2 is 1.94 bits per heavy atom. The average molecular weight is 509 g/mol. The molecule has 3 aromatic rings. The van der Waals surface area contributed by atoms with Crippen LogP contribution in [-0.4, -0.2) is 36.8 Å². The van der Waals surface area contributed by atoms with Gasteiger partial charge in [-0.2, -0.15) is 0 Å². The Bertz CT molecular complexity index is 1230. The van der Waals surface area contributed by atoms with Crippen LogP contribution in [0.1, 0.15) is 11.1 Å². The van der Waals surface area contributed by atoms with Crippen LogP contribution in [0.5, 0.6) is 0 Å². The molecule has 11 heteroatoms. The average Bonchev–Trinajstić information content (AvgIpc) is 3.20. The van der Waals surface area contributed by atoms with Gasteiger partial charge in [0.05, 0.1) is 10.6 Å². The minimum absolute atomic E-state index is 0.0781. The number of nitrogens with zero attached hydrogens (tertiary/aromatic N) is 3. The highest BCUT2D eigenvalue weighted by atomic mass is 35.5. The second kappa shape index (κ2) is 10.5. The summed E-state index contributed by atoms with van der Waals surface area (Å²) in [5.74, 6) is 0.121. The van der Waals surface area contributed by atoms with Crippen molar-refractivity contribution in [2.24, 2.45) is 0 Å². The molecule has 0 bridgehead atoms. The molecule has 0 aliphatic rings. The standard InChI is InChI=1S/C21H21ClN4O3S3/c1-4-12-30-21-25-24-20(31-21)23-19(27)13-26(18-7-5-6-17(22)15(18)3)32(28,29)16-10-8-14(2)9-11-16/h4-11H,1,12-13H2,2-3H3,(H,23,24,27). The van der Waals surface area contributed by atoms with E-state index in [0.29, 0.717) is 26.4 Å². The van der Waals surface area contributed by atoms with Crippen molar-refractivity contribution in [1.82, 2.24) is 10.2 Å². The summed E-state index contributed by atoms with van der Waals surface area (Å²) < 4.78 is 28.7. The van der Waals surface area contributed by atoms with Gasteiger partial charge in [0.2, 0.25) is 11.0 Å². The Hall–Kier alpha value is -2.40. The van der Waals surface area contributed by atoms with E-state index in [1.807, 2.05) is 6.92 Å². The number of benzene rings is 2. The number of hydrogen-bond donors (Lipinski definition) is 1. The highest BCUT2D eigenvalue weighted by molar-refractivity contribution is 8.01. The first-order valence-electron chi connectivity index (χ1n) is 9.44. The molecule has 0 saturated heterocycles. The Morgan fingerprint density at radius 1 is 1.22 bits per heavy atom. The number of aromatic nitrogens is 2. The number of halogens is 1.